The van der Waals surface area contributed by atoms with Crippen LogP contribution in [0.1, 0.15) is 32.6 Å². The Bertz CT molecular complexity index is 609. The van der Waals surface area contributed by atoms with Gasteiger partial charge in [0, 0.05) is 29.1 Å². The Balaban J connectivity index is 1.80. The SMILES string of the molecule is CCCC1CC(Nc2cccc3c(O)cccc23)CCO1. The monoisotopic (exact) mass is 285 g/mol. The molecule has 112 valence electrons. The average Bonchev–Trinajstić information content (AvgIpc) is 2.49. The van der Waals surface area contributed by atoms with Gasteiger partial charge < -0.3 is 15.2 Å². The van der Waals surface area contributed by atoms with E-state index in [0.717, 1.165) is 42.3 Å². The molecule has 3 nitrogen and oxygen atoms in total. The highest BCUT2D eigenvalue weighted by Gasteiger charge is 2.22. The van der Waals surface area contributed by atoms with Gasteiger partial charge in [0.2, 0.25) is 0 Å². The second-order valence-corrected chi connectivity index (χ2v) is 5.82. The minimum Gasteiger partial charge on any atom is -0.507 e. The van der Waals surface area contributed by atoms with Crippen molar-refractivity contribution in [1.82, 2.24) is 0 Å². The van der Waals surface area contributed by atoms with Crippen molar-refractivity contribution in [3.05, 3.63) is 36.4 Å². The minimum absolute atomic E-state index is 0.340. The van der Waals surface area contributed by atoms with Crippen LogP contribution in [-0.4, -0.2) is 23.9 Å². The molecule has 2 aromatic rings. The van der Waals surface area contributed by atoms with Crippen molar-refractivity contribution < 1.29 is 9.84 Å². The molecule has 3 rings (SSSR count). The number of ether oxygens (including phenoxy) is 1. The van der Waals surface area contributed by atoms with E-state index in [0.29, 0.717) is 17.9 Å². The molecule has 0 bridgehead atoms. The molecular formula is C18H23NO2. The van der Waals surface area contributed by atoms with E-state index in [1.54, 1.807) is 6.07 Å². The summed E-state index contributed by atoms with van der Waals surface area (Å²) in [4.78, 5) is 0. The lowest BCUT2D eigenvalue weighted by molar-refractivity contribution is 0.00599. The summed E-state index contributed by atoms with van der Waals surface area (Å²) in [5.41, 5.74) is 1.10. The fourth-order valence-corrected chi connectivity index (χ4v) is 3.17. The maximum Gasteiger partial charge on any atom is 0.123 e. The van der Waals surface area contributed by atoms with E-state index in [2.05, 4.69) is 24.4 Å². The van der Waals surface area contributed by atoms with Gasteiger partial charge in [0.1, 0.15) is 5.75 Å². The molecule has 3 heteroatoms. The number of phenolic OH excluding ortho intramolecular Hbond substituents is 1. The molecule has 0 saturated carbocycles. The summed E-state index contributed by atoms with van der Waals surface area (Å²) in [6, 6.07) is 12.2. The van der Waals surface area contributed by atoms with Gasteiger partial charge in [-0.2, -0.15) is 0 Å². The normalized spacial score (nSPS) is 22.3. The number of fused-ring (bicyclic) bond motifs is 1. The summed E-state index contributed by atoms with van der Waals surface area (Å²) in [6.07, 6.45) is 4.77. The van der Waals surface area contributed by atoms with Crippen LogP contribution >= 0.6 is 0 Å². The Labute approximate surface area is 125 Å². The molecule has 2 unspecified atom stereocenters. The number of hydrogen-bond acceptors (Lipinski definition) is 3. The molecule has 2 aromatic carbocycles. The second-order valence-electron chi connectivity index (χ2n) is 5.82. The second kappa shape index (κ2) is 6.35. The quantitative estimate of drug-likeness (QED) is 0.879. The first-order chi connectivity index (χ1) is 10.3. The first-order valence-corrected chi connectivity index (χ1v) is 7.86. The topological polar surface area (TPSA) is 41.5 Å². The third kappa shape index (κ3) is 3.13. The molecule has 1 heterocycles. The Hall–Kier alpha value is -1.74. The van der Waals surface area contributed by atoms with Crippen molar-refractivity contribution in [2.45, 2.75) is 44.8 Å². The maximum absolute atomic E-state index is 9.97. The highest BCUT2D eigenvalue weighted by molar-refractivity contribution is 5.97. The van der Waals surface area contributed by atoms with Crippen LogP contribution in [0.15, 0.2) is 36.4 Å². The first kappa shape index (κ1) is 14.2. The smallest absolute Gasteiger partial charge is 0.123 e. The molecule has 0 spiro atoms. The Morgan fingerprint density at radius 2 is 2.00 bits per heavy atom. The van der Waals surface area contributed by atoms with Crippen LogP contribution in [-0.2, 0) is 4.74 Å². The van der Waals surface area contributed by atoms with E-state index < -0.39 is 0 Å². The van der Waals surface area contributed by atoms with E-state index >= 15 is 0 Å². The van der Waals surface area contributed by atoms with E-state index in [9.17, 15) is 5.11 Å². The Morgan fingerprint density at radius 1 is 1.19 bits per heavy atom. The third-order valence-electron chi connectivity index (χ3n) is 4.24. The molecule has 2 atom stereocenters. The van der Waals surface area contributed by atoms with Crippen molar-refractivity contribution in [2.24, 2.45) is 0 Å². The van der Waals surface area contributed by atoms with E-state index in [1.165, 1.54) is 6.42 Å². The summed E-state index contributed by atoms with van der Waals surface area (Å²) >= 11 is 0. The van der Waals surface area contributed by atoms with Crippen LogP contribution in [0.4, 0.5) is 5.69 Å². The van der Waals surface area contributed by atoms with Crippen molar-refractivity contribution >= 4 is 16.5 Å². The van der Waals surface area contributed by atoms with Crippen LogP contribution in [0, 0.1) is 0 Å². The van der Waals surface area contributed by atoms with Gasteiger partial charge >= 0.3 is 0 Å². The van der Waals surface area contributed by atoms with E-state index in [4.69, 9.17) is 4.74 Å². The van der Waals surface area contributed by atoms with Crippen molar-refractivity contribution in [1.29, 1.82) is 0 Å². The van der Waals surface area contributed by atoms with Crippen LogP contribution in [0.3, 0.4) is 0 Å². The number of hydrogen-bond donors (Lipinski definition) is 2. The number of nitrogens with one attached hydrogen (secondary N) is 1. The zero-order valence-electron chi connectivity index (χ0n) is 12.5. The maximum atomic E-state index is 9.97. The Morgan fingerprint density at radius 3 is 2.86 bits per heavy atom. The zero-order chi connectivity index (χ0) is 14.7. The summed E-state index contributed by atoms with van der Waals surface area (Å²) < 4.78 is 5.81. The van der Waals surface area contributed by atoms with Crippen molar-refractivity contribution in [3.8, 4) is 5.75 Å². The lowest BCUT2D eigenvalue weighted by Crippen LogP contribution is -2.34. The minimum atomic E-state index is 0.340. The van der Waals surface area contributed by atoms with Crippen molar-refractivity contribution in [3.63, 3.8) is 0 Å². The van der Waals surface area contributed by atoms with Gasteiger partial charge in [0.15, 0.2) is 0 Å². The van der Waals surface area contributed by atoms with Crippen LogP contribution in [0.25, 0.3) is 10.8 Å². The summed E-state index contributed by atoms with van der Waals surface area (Å²) in [7, 11) is 0. The number of rotatable bonds is 4. The number of aromatic hydroxyl groups is 1. The largest absolute Gasteiger partial charge is 0.507 e. The number of phenols is 1. The van der Waals surface area contributed by atoms with Gasteiger partial charge in [-0.25, -0.2) is 0 Å². The average molecular weight is 285 g/mol. The van der Waals surface area contributed by atoms with Crippen LogP contribution in [0.2, 0.25) is 0 Å². The molecule has 0 amide bonds. The van der Waals surface area contributed by atoms with Gasteiger partial charge in [0.25, 0.3) is 0 Å². The molecular weight excluding hydrogens is 262 g/mol. The van der Waals surface area contributed by atoms with E-state index in [-0.39, 0.29) is 0 Å². The fraction of sp³-hybridized carbons (Fsp3) is 0.444. The molecule has 1 aliphatic rings. The number of benzene rings is 2. The molecule has 1 aliphatic heterocycles. The molecule has 2 N–H and O–H groups in total. The number of anilines is 1. The van der Waals surface area contributed by atoms with E-state index in [1.807, 2.05) is 18.2 Å². The molecule has 21 heavy (non-hydrogen) atoms. The third-order valence-corrected chi connectivity index (χ3v) is 4.24. The van der Waals surface area contributed by atoms with Gasteiger partial charge in [-0.3, -0.25) is 0 Å². The van der Waals surface area contributed by atoms with Gasteiger partial charge in [-0.15, -0.1) is 0 Å². The Kier molecular flexibility index (Phi) is 4.30. The van der Waals surface area contributed by atoms with Crippen LogP contribution < -0.4 is 5.32 Å². The molecule has 0 aromatic heterocycles. The zero-order valence-corrected chi connectivity index (χ0v) is 12.5. The van der Waals surface area contributed by atoms with Gasteiger partial charge in [0.05, 0.1) is 6.10 Å². The lowest BCUT2D eigenvalue weighted by Gasteiger charge is -2.31. The molecule has 1 saturated heterocycles. The van der Waals surface area contributed by atoms with Gasteiger partial charge in [-0.05, 0) is 31.4 Å². The lowest BCUT2D eigenvalue weighted by atomic mass is 9.99. The predicted octanol–water partition coefficient (Wildman–Crippen LogP) is 4.31. The molecule has 1 fully saturated rings. The van der Waals surface area contributed by atoms with Gasteiger partial charge in [-0.1, -0.05) is 37.6 Å². The molecule has 0 radical (unpaired) electrons. The highest BCUT2D eigenvalue weighted by atomic mass is 16.5. The highest BCUT2D eigenvalue weighted by Crippen LogP contribution is 2.31. The summed E-state index contributed by atoms with van der Waals surface area (Å²) in [6.45, 7) is 3.03. The fourth-order valence-electron chi connectivity index (χ4n) is 3.17. The van der Waals surface area contributed by atoms with Crippen LogP contribution in [0.5, 0.6) is 5.75 Å². The summed E-state index contributed by atoms with van der Waals surface area (Å²) in [5.74, 6) is 0.340. The predicted molar refractivity (Wildman–Crippen MR) is 86.9 cm³/mol. The first-order valence-electron chi connectivity index (χ1n) is 7.86. The molecule has 0 aliphatic carbocycles. The summed E-state index contributed by atoms with van der Waals surface area (Å²) in [5, 5.41) is 15.6. The van der Waals surface area contributed by atoms with Crippen molar-refractivity contribution in [2.75, 3.05) is 11.9 Å². The standard InChI is InChI=1S/C18H23NO2/c1-2-5-14-12-13(10-11-21-14)19-17-8-3-7-16-15(17)6-4-9-18(16)20/h3-4,6-9,13-14,19-20H,2,5,10-12H2,1H3.